The molecule has 0 spiro atoms. The molecule has 0 aromatic carbocycles. The molecule has 6 fully saturated rings. The molecule has 6 aliphatic rings. The van der Waals surface area contributed by atoms with Crippen LogP contribution in [-0.4, -0.2) is 149 Å². The maximum Gasteiger partial charge on any atom is 0.187 e. The Balaban J connectivity index is 1.28. The quantitative estimate of drug-likeness (QED) is 0.145. The third-order valence-electron chi connectivity index (χ3n) is 16.1. The predicted molar refractivity (Wildman–Crippen MR) is 198 cm³/mol. The van der Waals surface area contributed by atoms with Gasteiger partial charge in [-0.25, -0.2) is 0 Å². The number of aliphatic hydroxyl groups excluding tert-OH is 9. The lowest BCUT2D eigenvalue weighted by Gasteiger charge is -2.71. The van der Waals surface area contributed by atoms with E-state index in [9.17, 15) is 51.1 Å². The van der Waals surface area contributed by atoms with Crippen molar-refractivity contribution in [2.75, 3.05) is 13.2 Å². The van der Waals surface area contributed by atoms with Gasteiger partial charge in [-0.3, -0.25) is 0 Å². The van der Waals surface area contributed by atoms with E-state index in [1.165, 1.54) is 0 Å². The molecule has 2 heterocycles. The predicted octanol–water partition coefficient (Wildman–Crippen LogP) is 0.730. The molecule has 14 heteroatoms. The summed E-state index contributed by atoms with van der Waals surface area (Å²) < 4.78 is 23.9. The summed E-state index contributed by atoms with van der Waals surface area (Å²) in [6.07, 6.45) is -7.91. The molecule has 0 aromatic heterocycles. The lowest BCUT2D eigenvalue weighted by atomic mass is 9.35. The fourth-order valence-corrected chi connectivity index (χ4v) is 13.0. The second-order valence-corrected chi connectivity index (χ2v) is 20.3. The summed E-state index contributed by atoms with van der Waals surface area (Å²) in [5, 5.41) is 109. The van der Waals surface area contributed by atoms with Gasteiger partial charge in [-0.1, -0.05) is 46.8 Å². The lowest BCUT2D eigenvalue weighted by Crippen LogP contribution is -2.68. The van der Waals surface area contributed by atoms with E-state index >= 15 is 0 Å². The summed E-state index contributed by atoms with van der Waals surface area (Å²) >= 11 is 0. The largest absolute Gasteiger partial charge is 0.393 e. The molecular formula is C41H70O14. The van der Waals surface area contributed by atoms with Crippen LogP contribution in [0.2, 0.25) is 0 Å². The first-order valence-corrected chi connectivity index (χ1v) is 20.4. The molecule has 0 aromatic rings. The first-order chi connectivity index (χ1) is 25.3. The van der Waals surface area contributed by atoms with Crippen molar-refractivity contribution in [3.63, 3.8) is 0 Å². The summed E-state index contributed by atoms with van der Waals surface area (Å²) in [5.74, 6) is -0.279. The number of aliphatic hydroxyl groups is 10. The van der Waals surface area contributed by atoms with Crippen LogP contribution in [0.5, 0.6) is 0 Å². The van der Waals surface area contributed by atoms with E-state index in [1.807, 2.05) is 13.0 Å². The van der Waals surface area contributed by atoms with Gasteiger partial charge in [-0.2, -0.15) is 0 Å². The van der Waals surface area contributed by atoms with E-state index in [2.05, 4.69) is 34.6 Å². The van der Waals surface area contributed by atoms with E-state index in [1.54, 1.807) is 19.9 Å². The molecule has 20 unspecified atom stereocenters. The van der Waals surface area contributed by atoms with Crippen LogP contribution in [-0.2, 0) is 18.9 Å². The minimum absolute atomic E-state index is 0.0781. The van der Waals surface area contributed by atoms with E-state index in [4.69, 9.17) is 18.9 Å². The van der Waals surface area contributed by atoms with Crippen LogP contribution in [0.4, 0.5) is 0 Å². The first-order valence-electron chi connectivity index (χ1n) is 20.4. The number of hydrogen-bond acceptors (Lipinski definition) is 14. The highest BCUT2D eigenvalue weighted by atomic mass is 16.7. The van der Waals surface area contributed by atoms with Crippen molar-refractivity contribution in [2.45, 2.75) is 185 Å². The Morgan fingerprint density at radius 1 is 0.727 bits per heavy atom. The zero-order valence-corrected chi connectivity index (χ0v) is 33.9. The monoisotopic (exact) mass is 786 g/mol. The molecular weight excluding hydrogens is 716 g/mol. The topological polar surface area (TPSA) is 239 Å². The standard InChI is InChI=1S/C41H70O14/c1-36(2,51)12-9-13-41(8,55-35-32(49)30(47)29(46)24(54-35)19-53-34-31(48)28(45)23(44)18-52-34)20-10-14-40(7)27(20)21(42)16-26-38(5)17-22(43)33(50)37(3,4)25(38)11-15-39(26,40)6/h9,12,20-35,42-51H,10-11,13-19H2,1-8H3. The van der Waals surface area contributed by atoms with Crippen LogP contribution >= 0.6 is 0 Å². The first kappa shape index (κ1) is 43.8. The van der Waals surface area contributed by atoms with Gasteiger partial charge in [0.05, 0.1) is 42.7 Å². The molecule has 10 N–H and O–H groups in total. The van der Waals surface area contributed by atoms with E-state index in [-0.39, 0.29) is 52.9 Å². The molecule has 2 saturated heterocycles. The van der Waals surface area contributed by atoms with Gasteiger partial charge in [0, 0.05) is 0 Å². The fraction of sp³-hybridized carbons (Fsp3) is 0.951. The highest BCUT2D eigenvalue weighted by Gasteiger charge is 2.72. The maximum atomic E-state index is 12.4. The molecule has 4 saturated carbocycles. The van der Waals surface area contributed by atoms with Crippen LogP contribution in [0.15, 0.2) is 12.2 Å². The zero-order valence-electron chi connectivity index (χ0n) is 33.9. The van der Waals surface area contributed by atoms with Crippen molar-refractivity contribution in [1.82, 2.24) is 0 Å². The Morgan fingerprint density at radius 3 is 2.02 bits per heavy atom. The molecule has 20 atom stereocenters. The zero-order chi connectivity index (χ0) is 40.8. The van der Waals surface area contributed by atoms with Gasteiger partial charge < -0.3 is 70.0 Å². The second kappa shape index (κ2) is 15.0. The minimum Gasteiger partial charge on any atom is -0.393 e. The molecule has 6 rings (SSSR count). The van der Waals surface area contributed by atoms with E-state index < -0.39 is 96.8 Å². The van der Waals surface area contributed by atoms with Crippen molar-refractivity contribution in [2.24, 2.45) is 45.3 Å². The van der Waals surface area contributed by atoms with Gasteiger partial charge in [-0.15, -0.1) is 0 Å². The van der Waals surface area contributed by atoms with Crippen molar-refractivity contribution < 1.29 is 70.0 Å². The fourth-order valence-electron chi connectivity index (χ4n) is 13.0. The average molecular weight is 787 g/mol. The van der Waals surface area contributed by atoms with Gasteiger partial charge in [0.25, 0.3) is 0 Å². The van der Waals surface area contributed by atoms with Crippen LogP contribution < -0.4 is 0 Å². The van der Waals surface area contributed by atoms with Crippen molar-refractivity contribution in [3.05, 3.63) is 12.2 Å². The SMILES string of the molecule is CC(C)(O)C=CCC(C)(OC1OC(COC2OCC(O)C(O)C2O)C(O)C(O)C1O)C1CCC2(C)C1C(O)CC1C3(C)CC(O)C(O)C(C)(C)C3CCC12C. The summed E-state index contributed by atoms with van der Waals surface area (Å²) in [6, 6.07) is 0. The normalized spacial score (nSPS) is 52.6. The molecule has 0 radical (unpaired) electrons. The summed E-state index contributed by atoms with van der Waals surface area (Å²) in [5.41, 5.74) is -3.65. The highest BCUT2D eigenvalue weighted by molar-refractivity contribution is 5.21. The van der Waals surface area contributed by atoms with Crippen molar-refractivity contribution in [3.8, 4) is 0 Å². The molecule has 2 aliphatic heterocycles. The molecule has 55 heavy (non-hydrogen) atoms. The maximum absolute atomic E-state index is 12.4. The summed E-state index contributed by atoms with van der Waals surface area (Å²) in [6.45, 7) is 15.5. The Morgan fingerprint density at radius 2 is 1.36 bits per heavy atom. The lowest BCUT2D eigenvalue weighted by molar-refractivity contribution is -0.345. The average Bonchev–Trinajstić information content (AvgIpc) is 3.48. The van der Waals surface area contributed by atoms with Gasteiger partial charge in [0.2, 0.25) is 0 Å². The molecule has 14 nitrogen and oxygen atoms in total. The summed E-state index contributed by atoms with van der Waals surface area (Å²) in [7, 11) is 0. The summed E-state index contributed by atoms with van der Waals surface area (Å²) in [4.78, 5) is 0. The Labute approximate surface area is 325 Å². The van der Waals surface area contributed by atoms with Crippen molar-refractivity contribution in [1.29, 1.82) is 0 Å². The van der Waals surface area contributed by atoms with Crippen LogP contribution in [0, 0.1) is 45.3 Å². The molecule has 4 aliphatic carbocycles. The smallest absolute Gasteiger partial charge is 0.187 e. The van der Waals surface area contributed by atoms with Crippen LogP contribution in [0.25, 0.3) is 0 Å². The van der Waals surface area contributed by atoms with Gasteiger partial charge in [0.1, 0.15) is 42.7 Å². The van der Waals surface area contributed by atoms with Gasteiger partial charge in [-0.05, 0) is 111 Å². The van der Waals surface area contributed by atoms with E-state index in [0.29, 0.717) is 19.3 Å². The molecule has 0 bridgehead atoms. The molecule has 0 amide bonds. The van der Waals surface area contributed by atoms with Crippen LogP contribution in [0.1, 0.15) is 100 Å². The highest BCUT2D eigenvalue weighted by Crippen LogP contribution is 2.76. The minimum atomic E-state index is -1.70. The van der Waals surface area contributed by atoms with Crippen LogP contribution in [0.3, 0.4) is 0 Å². The third-order valence-corrected chi connectivity index (χ3v) is 16.1. The number of fused-ring (bicyclic) bond motifs is 5. The molecule has 318 valence electrons. The van der Waals surface area contributed by atoms with Crippen molar-refractivity contribution >= 4 is 0 Å². The number of hydrogen-bond donors (Lipinski definition) is 10. The second-order valence-electron chi connectivity index (χ2n) is 20.3. The number of ether oxygens (including phenoxy) is 4. The Bertz CT molecular complexity index is 1390. The van der Waals surface area contributed by atoms with Gasteiger partial charge in [0.15, 0.2) is 12.6 Å². The Hall–Kier alpha value is -0.820. The number of rotatable bonds is 9. The Kier molecular flexibility index (Phi) is 11.9. The third kappa shape index (κ3) is 7.30. The van der Waals surface area contributed by atoms with Gasteiger partial charge >= 0.3 is 0 Å². The van der Waals surface area contributed by atoms with E-state index in [0.717, 1.165) is 19.3 Å².